The van der Waals surface area contributed by atoms with Crippen molar-refractivity contribution in [3.8, 4) is 0 Å². The molecule has 0 aromatic heterocycles. The number of esters is 1. The Morgan fingerprint density at radius 2 is 2.14 bits per heavy atom. The molecule has 78 valence electrons. The first kappa shape index (κ1) is 12.4. The molecule has 0 spiro atoms. The van der Waals surface area contributed by atoms with Gasteiger partial charge in [-0.15, -0.1) is 0 Å². The maximum Gasteiger partial charge on any atom is 0.334 e. The summed E-state index contributed by atoms with van der Waals surface area (Å²) in [7, 11) is 0. The van der Waals surface area contributed by atoms with Crippen molar-refractivity contribution in [3.05, 3.63) is 24.3 Å². The molecule has 0 unspecified atom stereocenters. The highest BCUT2D eigenvalue weighted by atomic mass is 16.5. The number of rotatable bonds is 6. The van der Waals surface area contributed by atoms with Crippen molar-refractivity contribution in [1.29, 1.82) is 0 Å². The van der Waals surface area contributed by atoms with Crippen molar-refractivity contribution >= 4 is 11.9 Å². The van der Waals surface area contributed by atoms with Gasteiger partial charge in [0.1, 0.15) is 6.61 Å². The van der Waals surface area contributed by atoms with Gasteiger partial charge in [-0.3, -0.25) is 0 Å². The molecule has 0 saturated heterocycles. The molecule has 0 rings (SSSR count). The number of carboxylic acids is 1. The van der Waals surface area contributed by atoms with Gasteiger partial charge < -0.3 is 9.84 Å². The SMILES string of the molecule is C=CCOC(=O)C(=CC(=O)O)CCC. The van der Waals surface area contributed by atoms with E-state index in [-0.39, 0.29) is 12.2 Å². The molecule has 0 amide bonds. The smallest absolute Gasteiger partial charge is 0.334 e. The molecule has 0 saturated carbocycles. The quantitative estimate of drug-likeness (QED) is 0.399. The van der Waals surface area contributed by atoms with Crippen LogP contribution >= 0.6 is 0 Å². The van der Waals surface area contributed by atoms with Crippen LogP contribution in [0.5, 0.6) is 0 Å². The second-order valence-electron chi connectivity index (χ2n) is 2.64. The lowest BCUT2D eigenvalue weighted by atomic mass is 10.1. The van der Waals surface area contributed by atoms with Crippen molar-refractivity contribution in [2.75, 3.05) is 6.61 Å². The third-order valence-corrected chi connectivity index (χ3v) is 1.41. The Morgan fingerprint density at radius 3 is 2.57 bits per heavy atom. The van der Waals surface area contributed by atoms with Crippen LogP contribution in [0.1, 0.15) is 19.8 Å². The highest BCUT2D eigenvalue weighted by molar-refractivity contribution is 5.95. The number of carbonyl (C=O) groups is 2. The highest BCUT2D eigenvalue weighted by Crippen LogP contribution is 2.07. The molecule has 0 aromatic rings. The van der Waals surface area contributed by atoms with E-state index in [2.05, 4.69) is 6.58 Å². The van der Waals surface area contributed by atoms with Crippen LogP contribution in [-0.4, -0.2) is 23.7 Å². The molecular weight excluding hydrogens is 184 g/mol. The van der Waals surface area contributed by atoms with Gasteiger partial charge in [-0.2, -0.15) is 0 Å². The fourth-order valence-corrected chi connectivity index (χ4v) is 0.879. The average Bonchev–Trinajstić information content (AvgIpc) is 2.13. The maximum absolute atomic E-state index is 11.2. The van der Waals surface area contributed by atoms with Crippen molar-refractivity contribution in [2.24, 2.45) is 0 Å². The fraction of sp³-hybridized carbons (Fsp3) is 0.400. The average molecular weight is 198 g/mol. The first-order chi connectivity index (χ1) is 6.61. The van der Waals surface area contributed by atoms with Crippen LogP contribution in [-0.2, 0) is 14.3 Å². The Labute approximate surface area is 82.9 Å². The number of carbonyl (C=O) groups excluding carboxylic acids is 1. The molecule has 0 heterocycles. The number of carboxylic acid groups (broad SMARTS) is 1. The second kappa shape index (κ2) is 6.88. The van der Waals surface area contributed by atoms with E-state index in [1.54, 1.807) is 0 Å². The maximum atomic E-state index is 11.2. The normalized spacial score (nSPS) is 10.8. The Balaban J connectivity index is 4.40. The van der Waals surface area contributed by atoms with E-state index < -0.39 is 11.9 Å². The lowest BCUT2D eigenvalue weighted by molar-refractivity contribution is -0.139. The number of aliphatic carboxylic acids is 1. The predicted octanol–water partition coefficient (Wildman–Crippen LogP) is 1.53. The molecule has 0 radical (unpaired) electrons. The molecule has 0 aliphatic carbocycles. The third-order valence-electron chi connectivity index (χ3n) is 1.41. The Bertz CT molecular complexity index is 253. The van der Waals surface area contributed by atoms with Crippen LogP contribution in [0.2, 0.25) is 0 Å². The lowest BCUT2D eigenvalue weighted by Gasteiger charge is -2.04. The summed E-state index contributed by atoms with van der Waals surface area (Å²) in [6.45, 7) is 5.34. The van der Waals surface area contributed by atoms with E-state index in [0.29, 0.717) is 12.8 Å². The van der Waals surface area contributed by atoms with Gasteiger partial charge >= 0.3 is 11.9 Å². The van der Waals surface area contributed by atoms with Crippen molar-refractivity contribution in [1.82, 2.24) is 0 Å². The summed E-state index contributed by atoms with van der Waals surface area (Å²) in [5, 5.41) is 8.48. The fourth-order valence-electron chi connectivity index (χ4n) is 0.879. The summed E-state index contributed by atoms with van der Waals surface area (Å²) in [6, 6.07) is 0. The summed E-state index contributed by atoms with van der Waals surface area (Å²) < 4.78 is 4.72. The topological polar surface area (TPSA) is 63.6 Å². The van der Waals surface area contributed by atoms with E-state index in [1.165, 1.54) is 6.08 Å². The molecule has 0 atom stereocenters. The zero-order chi connectivity index (χ0) is 11.0. The van der Waals surface area contributed by atoms with Gasteiger partial charge in [0.2, 0.25) is 0 Å². The van der Waals surface area contributed by atoms with Crippen LogP contribution in [0.15, 0.2) is 24.3 Å². The standard InChI is InChI=1S/C10H14O4/c1-3-5-8(7-9(11)12)10(13)14-6-4-2/h4,7H,2-3,5-6H2,1H3,(H,11,12). The van der Waals surface area contributed by atoms with Crippen LogP contribution in [0, 0.1) is 0 Å². The minimum Gasteiger partial charge on any atom is -0.478 e. The Kier molecular flexibility index (Phi) is 6.11. The van der Waals surface area contributed by atoms with E-state index in [9.17, 15) is 9.59 Å². The van der Waals surface area contributed by atoms with Gasteiger partial charge in [0.25, 0.3) is 0 Å². The second-order valence-corrected chi connectivity index (χ2v) is 2.64. The molecule has 0 aromatic carbocycles. The summed E-state index contributed by atoms with van der Waals surface area (Å²) in [6.07, 6.45) is 3.42. The van der Waals surface area contributed by atoms with Gasteiger partial charge in [0, 0.05) is 11.6 Å². The third kappa shape index (κ3) is 5.13. The molecule has 0 fully saturated rings. The van der Waals surface area contributed by atoms with Gasteiger partial charge in [-0.1, -0.05) is 26.0 Å². The van der Waals surface area contributed by atoms with Gasteiger partial charge in [-0.05, 0) is 6.42 Å². The molecule has 14 heavy (non-hydrogen) atoms. The van der Waals surface area contributed by atoms with Gasteiger partial charge in [0.15, 0.2) is 0 Å². The zero-order valence-corrected chi connectivity index (χ0v) is 8.16. The molecular formula is C10H14O4. The van der Waals surface area contributed by atoms with E-state index >= 15 is 0 Å². The predicted molar refractivity (Wildman–Crippen MR) is 51.8 cm³/mol. The molecule has 1 N–H and O–H groups in total. The number of ether oxygens (including phenoxy) is 1. The molecule has 4 heteroatoms. The van der Waals surface area contributed by atoms with Crippen molar-refractivity contribution in [3.63, 3.8) is 0 Å². The molecule has 0 aliphatic heterocycles. The molecule has 0 bridgehead atoms. The van der Waals surface area contributed by atoms with Gasteiger partial charge in [-0.25, -0.2) is 9.59 Å². The largest absolute Gasteiger partial charge is 0.478 e. The minimum absolute atomic E-state index is 0.0967. The molecule has 0 aliphatic rings. The minimum atomic E-state index is -1.14. The van der Waals surface area contributed by atoms with E-state index in [0.717, 1.165) is 6.08 Å². The van der Waals surface area contributed by atoms with E-state index in [4.69, 9.17) is 9.84 Å². The van der Waals surface area contributed by atoms with Crippen molar-refractivity contribution < 1.29 is 19.4 Å². The van der Waals surface area contributed by atoms with Crippen LogP contribution < -0.4 is 0 Å². The summed E-state index contributed by atoms with van der Waals surface area (Å²) in [5.74, 6) is -1.72. The Morgan fingerprint density at radius 1 is 1.50 bits per heavy atom. The van der Waals surface area contributed by atoms with Gasteiger partial charge in [0.05, 0.1) is 0 Å². The zero-order valence-electron chi connectivity index (χ0n) is 8.16. The first-order valence-corrected chi connectivity index (χ1v) is 4.33. The summed E-state index contributed by atoms with van der Waals surface area (Å²) >= 11 is 0. The summed E-state index contributed by atoms with van der Waals surface area (Å²) in [4.78, 5) is 21.6. The monoisotopic (exact) mass is 198 g/mol. The number of hydrogen-bond donors (Lipinski definition) is 1. The lowest BCUT2D eigenvalue weighted by Crippen LogP contribution is -2.09. The summed E-state index contributed by atoms with van der Waals surface area (Å²) in [5.41, 5.74) is 0.182. The Hall–Kier alpha value is -1.58. The van der Waals surface area contributed by atoms with Crippen molar-refractivity contribution in [2.45, 2.75) is 19.8 Å². The number of hydrogen-bond acceptors (Lipinski definition) is 3. The van der Waals surface area contributed by atoms with Crippen LogP contribution in [0.3, 0.4) is 0 Å². The first-order valence-electron chi connectivity index (χ1n) is 4.33. The van der Waals surface area contributed by atoms with E-state index in [1.807, 2.05) is 6.92 Å². The molecule has 4 nitrogen and oxygen atoms in total. The van der Waals surface area contributed by atoms with Crippen LogP contribution in [0.4, 0.5) is 0 Å². The highest BCUT2D eigenvalue weighted by Gasteiger charge is 2.10. The van der Waals surface area contributed by atoms with Crippen LogP contribution in [0.25, 0.3) is 0 Å².